The van der Waals surface area contributed by atoms with Crippen molar-refractivity contribution in [3.05, 3.63) is 41.1 Å². The lowest BCUT2D eigenvalue weighted by molar-refractivity contribution is 0.571. The molecule has 106 valence electrons. The molecule has 0 saturated heterocycles. The first-order chi connectivity index (χ1) is 9.21. The molecule has 0 unspecified atom stereocenters. The second-order valence-electron chi connectivity index (χ2n) is 6.57. The minimum absolute atomic E-state index is 0.0299. The van der Waals surface area contributed by atoms with Gasteiger partial charge in [-0.25, -0.2) is 0 Å². The number of hydrogen-bond donors (Lipinski definition) is 1. The molecular weight excluding hydrogens is 264 g/mol. The summed E-state index contributed by atoms with van der Waals surface area (Å²) >= 11 is 5.23. The van der Waals surface area contributed by atoms with E-state index in [0.717, 1.165) is 22.2 Å². The lowest BCUT2D eigenvalue weighted by atomic mass is 9.88. The summed E-state index contributed by atoms with van der Waals surface area (Å²) in [6.07, 6.45) is 0. The highest BCUT2D eigenvalue weighted by Gasteiger charge is 2.20. The fraction of sp³-hybridized carbons (Fsp3) is 0.412. The highest BCUT2D eigenvalue weighted by Crippen LogP contribution is 2.30. The first kappa shape index (κ1) is 14.9. The molecule has 2 N–H and O–H groups in total. The fourth-order valence-electron chi connectivity index (χ4n) is 2.32. The molecule has 0 bridgehead atoms. The molecule has 20 heavy (non-hydrogen) atoms. The van der Waals surface area contributed by atoms with Crippen molar-refractivity contribution < 1.29 is 0 Å². The Kier molecular flexibility index (Phi) is 3.83. The largest absolute Gasteiger partial charge is 0.389 e. The van der Waals surface area contributed by atoms with Gasteiger partial charge in [-0.2, -0.15) is 0 Å². The van der Waals surface area contributed by atoms with E-state index in [2.05, 4.69) is 52.8 Å². The Labute approximate surface area is 126 Å². The quantitative estimate of drug-likeness (QED) is 0.837. The normalized spacial score (nSPS) is 12.1. The van der Waals surface area contributed by atoms with Crippen molar-refractivity contribution in [1.82, 2.24) is 4.98 Å². The standard InChI is InChI=1S/C17H22N2S/c1-10(2)11-7-6-8-12-13(16(18)20)9-14(17(3,4)5)19-15(11)12/h6-10H,1-5H3,(H2,18,20). The zero-order chi connectivity index (χ0) is 15.1. The number of fused-ring (bicyclic) bond motifs is 1. The molecule has 0 aliphatic rings. The molecule has 0 radical (unpaired) electrons. The Morgan fingerprint density at radius 1 is 1.25 bits per heavy atom. The van der Waals surface area contributed by atoms with E-state index in [0.29, 0.717) is 10.9 Å². The fourth-order valence-corrected chi connectivity index (χ4v) is 2.49. The number of nitrogens with two attached hydrogens (primary N) is 1. The molecule has 0 aliphatic heterocycles. The summed E-state index contributed by atoms with van der Waals surface area (Å²) in [5.41, 5.74) is 10.1. The molecule has 0 spiro atoms. The lowest BCUT2D eigenvalue weighted by Gasteiger charge is -2.21. The van der Waals surface area contributed by atoms with Crippen LogP contribution < -0.4 is 5.73 Å². The van der Waals surface area contributed by atoms with Gasteiger partial charge >= 0.3 is 0 Å². The molecule has 2 rings (SSSR count). The number of para-hydroxylation sites is 1. The average Bonchev–Trinajstić information content (AvgIpc) is 2.35. The first-order valence-corrected chi connectivity index (χ1v) is 7.36. The molecule has 0 aliphatic carbocycles. The van der Waals surface area contributed by atoms with Crippen molar-refractivity contribution in [2.24, 2.45) is 5.73 Å². The van der Waals surface area contributed by atoms with E-state index in [-0.39, 0.29) is 5.41 Å². The average molecular weight is 286 g/mol. The van der Waals surface area contributed by atoms with Gasteiger partial charge in [0.1, 0.15) is 4.99 Å². The molecule has 1 heterocycles. The van der Waals surface area contributed by atoms with Gasteiger partial charge in [0.05, 0.1) is 5.52 Å². The number of thiocarbonyl (C=S) groups is 1. The van der Waals surface area contributed by atoms with E-state index >= 15 is 0 Å². The highest BCUT2D eigenvalue weighted by molar-refractivity contribution is 7.80. The van der Waals surface area contributed by atoms with E-state index in [1.54, 1.807) is 0 Å². The van der Waals surface area contributed by atoms with Crippen molar-refractivity contribution in [3.63, 3.8) is 0 Å². The van der Waals surface area contributed by atoms with E-state index in [9.17, 15) is 0 Å². The van der Waals surface area contributed by atoms with Gasteiger partial charge < -0.3 is 5.73 Å². The smallest absolute Gasteiger partial charge is 0.104 e. The van der Waals surface area contributed by atoms with Crippen LogP contribution in [0.15, 0.2) is 24.3 Å². The van der Waals surface area contributed by atoms with Crippen LogP contribution in [-0.2, 0) is 5.41 Å². The summed E-state index contributed by atoms with van der Waals surface area (Å²) in [4.78, 5) is 5.33. The van der Waals surface area contributed by atoms with Crippen LogP contribution in [0.3, 0.4) is 0 Å². The molecule has 0 amide bonds. The Hall–Kier alpha value is -1.48. The summed E-state index contributed by atoms with van der Waals surface area (Å²) in [6.45, 7) is 10.8. The van der Waals surface area contributed by atoms with Crippen molar-refractivity contribution in [2.75, 3.05) is 0 Å². The van der Waals surface area contributed by atoms with Crippen LogP contribution in [0, 0.1) is 0 Å². The van der Waals surface area contributed by atoms with E-state index in [4.69, 9.17) is 22.9 Å². The van der Waals surface area contributed by atoms with Crippen molar-refractivity contribution in [3.8, 4) is 0 Å². The van der Waals surface area contributed by atoms with Crippen LogP contribution in [0.2, 0.25) is 0 Å². The second-order valence-corrected chi connectivity index (χ2v) is 7.01. The number of nitrogens with zero attached hydrogens (tertiary/aromatic N) is 1. The Balaban J connectivity index is 2.90. The van der Waals surface area contributed by atoms with Gasteiger partial charge in [0.25, 0.3) is 0 Å². The predicted octanol–water partition coefficient (Wildman–Crippen LogP) is 4.29. The van der Waals surface area contributed by atoms with Gasteiger partial charge in [-0.15, -0.1) is 0 Å². The zero-order valence-corrected chi connectivity index (χ0v) is 13.6. The predicted molar refractivity (Wildman–Crippen MR) is 90.4 cm³/mol. The monoisotopic (exact) mass is 286 g/mol. The Morgan fingerprint density at radius 3 is 2.40 bits per heavy atom. The lowest BCUT2D eigenvalue weighted by Crippen LogP contribution is -2.18. The number of pyridine rings is 1. The molecule has 0 fully saturated rings. The van der Waals surface area contributed by atoms with E-state index in [1.165, 1.54) is 5.56 Å². The van der Waals surface area contributed by atoms with Crippen molar-refractivity contribution in [1.29, 1.82) is 0 Å². The summed E-state index contributed by atoms with van der Waals surface area (Å²) in [5.74, 6) is 0.417. The van der Waals surface area contributed by atoms with Crippen LogP contribution in [0.4, 0.5) is 0 Å². The van der Waals surface area contributed by atoms with Gasteiger partial charge in [0.15, 0.2) is 0 Å². The molecule has 1 aromatic carbocycles. The number of hydrogen-bond acceptors (Lipinski definition) is 2. The molecule has 3 heteroatoms. The van der Waals surface area contributed by atoms with E-state index < -0.39 is 0 Å². The van der Waals surface area contributed by atoms with Crippen LogP contribution >= 0.6 is 12.2 Å². The summed E-state index contributed by atoms with van der Waals surface area (Å²) in [5, 5.41) is 1.05. The third-order valence-corrected chi connectivity index (χ3v) is 3.75. The summed E-state index contributed by atoms with van der Waals surface area (Å²) in [6, 6.07) is 8.28. The maximum Gasteiger partial charge on any atom is 0.104 e. The van der Waals surface area contributed by atoms with Gasteiger partial charge in [0.2, 0.25) is 0 Å². The van der Waals surface area contributed by atoms with Gasteiger partial charge in [-0.05, 0) is 17.5 Å². The van der Waals surface area contributed by atoms with Crippen molar-refractivity contribution >= 4 is 28.1 Å². The maximum atomic E-state index is 5.92. The Bertz CT molecular complexity index is 666. The van der Waals surface area contributed by atoms with Crippen molar-refractivity contribution in [2.45, 2.75) is 46.0 Å². The maximum absolute atomic E-state index is 5.92. The van der Waals surface area contributed by atoms with Gasteiger partial charge in [-0.3, -0.25) is 4.98 Å². The number of benzene rings is 1. The molecule has 0 atom stereocenters. The highest BCUT2D eigenvalue weighted by atomic mass is 32.1. The van der Waals surface area contributed by atoms with Crippen LogP contribution in [-0.4, -0.2) is 9.97 Å². The second kappa shape index (κ2) is 5.13. The molecule has 2 aromatic rings. The van der Waals surface area contributed by atoms with Crippen LogP contribution in [0.25, 0.3) is 10.9 Å². The van der Waals surface area contributed by atoms with Gasteiger partial charge in [-0.1, -0.05) is 65.0 Å². The van der Waals surface area contributed by atoms with Crippen LogP contribution in [0.1, 0.15) is 57.4 Å². The first-order valence-electron chi connectivity index (χ1n) is 6.95. The molecule has 0 saturated carbocycles. The molecular formula is C17H22N2S. The summed E-state index contributed by atoms with van der Waals surface area (Å²) in [7, 11) is 0. The third-order valence-electron chi connectivity index (χ3n) is 3.53. The number of aromatic nitrogens is 1. The topological polar surface area (TPSA) is 38.9 Å². The molecule has 1 aromatic heterocycles. The zero-order valence-electron chi connectivity index (χ0n) is 12.8. The summed E-state index contributed by atoms with van der Waals surface area (Å²) < 4.78 is 0. The Morgan fingerprint density at radius 2 is 1.90 bits per heavy atom. The third kappa shape index (κ3) is 2.68. The molecule has 2 nitrogen and oxygen atoms in total. The van der Waals surface area contributed by atoms with E-state index in [1.807, 2.05) is 6.07 Å². The SMILES string of the molecule is CC(C)c1cccc2c(C(N)=S)cc(C(C)(C)C)nc12. The van der Waals surface area contributed by atoms with Gasteiger partial charge in [0, 0.05) is 22.1 Å². The number of rotatable bonds is 2. The minimum atomic E-state index is -0.0299. The minimum Gasteiger partial charge on any atom is -0.389 e. The van der Waals surface area contributed by atoms with Crippen LogP contribution in [0.5, 0.6) is 0 Å².